The number of benzene rings is 1. The van der Waals surface area contributed by atoms with E-state index < -0.39 is 5.60 Å². The van der Waals surface area contributed by atoms with Crippen molar-refractivity contribution < 1.29 is 14.3 Å². The predicted octanol–water partition coefficient (Wildman–Crippen LogP) is 7.61. The number of halogens is 2. The van der Waals surface area contributed by atoms with Gasteiger partial charge in [0.2, 0.25) is 0 Å². The van der Waals surface area contributed by atoms with E-state index >= 15 is 0 Å². The first-order valence-corrected chi connectivity index (χ1v) is 21.2. The molecule has 0 radical (unpaired) electrons. The number of anilines is 1. The predicted molar refractivity (Wildman–Crippen MR) is 198 cm³/mol. The molecular formula is C34H48ClIN7O3P. The van der Waals surface area contributed by atoms with Crippen LogP contribution in [0.3, 0.4) is 0 Å². The Balaban J connectivity index is 1.23. The van der Waals surface area contributed by atoms with Crippen molar-refractivity contribution in [2.24, 2.45) is 5.41 Å². The molecule has 4 aliphatic rings. The van der Waals surface area contributed by atoms with Crippen molar-refractivity contribution in [3.63, 3.8) is 0 Å². The Labute approximate surface area is 298 Å². The number of aryl methyl sites for hydroxylation is 1. The van der Waals surface area contributed by atoms with E-state index in [0.717, 1.165) is 103 Å². The number of carbonyl (C=O) groups is 1. The third-order valence-corrected chi connectivity index (χ3v) is 13.4. The molecule has 1 amide bonds. The zero-order valence-electron chi connectivity index (χ0n) is 28.9. The molecule has 7 rings (SSSR count). The first-order valence-electron chi connectivity index (χ1n) is 16.8. The maximum Gasteiger partial charge on any atom is 0.410 e. The molecule has 47 heavy (non-hydrogen) atoms. The minimum atomic E-state index is -0.485. The van der Waals surface area contributed by atoms with Gasteiger partial charge in [0.25, 0.3) is 0 Å². The number of hydrogen-bond donors (Lipinski definition) is 0. The highest BCUT2D eigenvalue weighted by Gasteiger charge is 2.56. The van der Waals surface area contributed by atoms with E-state index in [9.17, 15) is 4.79 Å². The summed E-state index contributed by atoms with van der Waals surface area (Å²) >= 11 is 9.67. The van der Waals surface area contributed by atoms with Gasteiger partial charge in [-0.2, -0.15) is 10.2 Å². The van der Waals surface area contributed by atoms with Gasteiger partial charge >= 0.3 is 6.09 Å². The second kappa shape index (κ2) is 12.0. The lowest BCUT2D eigenvalue weighted by Gasteiger charge is -2.58. The molecule has 256 valence electrons. The molecule has 4 fully saturated rings. The molecule has 3 aliphatic heterocycles. The second-order valence-corrected chi connectivity index (χ2v) is 18.4. The fraction of sp³-hybridized carbons (Fsp3) is 0.676. The average molecular weight is 796 g/mol. The summed E-state index contributed by atoms with van der Waals surface area (Å²) in [5, 5.41) is 12.1. The van der Waals surface area contributed by atoms with Crippen LogP contribution in [0.15, 0.2) is 12.3 Å². The summed E-state index contributed by atoms with van der Waals surface area (Å²) in [6, 6.07) is 2.97. The summed E-state index contributed by atoms with van der Waals surface area (Å²) in [5.74, 6) is 1.02. The standard InChI is InChI=1S/C34H48ClIN7O3P/c1-20-11-26-25(15-37-43(26)47-36)28(29(20)35)27-21(2)42(23-13-34(14-23)18-40(19-34)31(44)46-32(3,4)5)38-30(27)41-10-9-22(12-33(41,6)7)39-16-24(17-39)45-8/h11,15,22-24,47H,9-10,12-14,16-19H2,1-8H3. The van der Waals surface area contributed by atoms with Crippen LogP contribution >= 0.6 is 40.0 Å². The van der Waals surface area contributed by atoms with Crippen molar-refractivity contribution in [2.45, 2.75) is 103 Å². The maximum atomic E-state index is 12.7. The van der Waals surface area contributed by atoms with E-state index in [1.54, 1.807) is 0 Å². The van der Waals surface area contributed by atoms with Crippen molar-refractivity contribution in [3.05, 3.63) is 28.5 Å². The zero-order chi connectivity index (χ0) is 33.6. The molecule has 13 heteroatoms. The van der Waals surface area contributed by atoms with Crippen LogP contribution in [0.1, 0.15) is 77.6 Å². The Morgan fingerprint density at radius 1 is 1.11 bits per heavy atom. The molecule has 1 aromatic carbocycles. The number of methoxy groups -OCH3 is 1. The summed E-state index contributed by atoms with van der Waals surface area (Å²) in [6.45, 7) is 19.3. The first-order chi connectivity index (χ1) is 22.1. The molecule has 2 atom stereocenters. The van der Waals surface area contributed by atoms with Crippen LogP contribution in [0, 0.1) is 19.3 Å². The maximum absolute atomic E-state index is 12.7. The number of aromatic nitrogens is 4. The fourth-order valence-electron chi connectivity index (χ4n) is 8.51. The lowest BCUT2D eigenvalue weighted by molar-refractivity contribution is -0.0930. The summed E-state index contributed by atoms with van der Waals surface area (Å²) in [5.41, 5.74) is 5.02. The minimum absolute atomic E-state index is 0.104. The smallest absolute Gasteiger partial charge is 0.410 e. The highest BCUT2D eigenvalue weighted by molar-refractivity contribution is 14.2. The Kier molecular flexibility index (Phi) is 8.63. The monoisotopic (exact) mass is 795 g/mol. The van der Waals surface area contributed by atoms with E-state index in [1.807, 2.05) is 39.0 Å². The molecule has 10 nitrogen and oxygen atoms in total. The van der Waals surface area contributed by atoms with Gasteiger partial charge < -0.3 is 19.3 Å². The molecule has 1 aliphatic carbocycles. The number of piperidine rings is 1. The van der Waals surface area contributed by atoms with Crippen molar-refractivity contribution in [1.29, 1.82) is 0 Å². The molecule has 2 unspecified atom stereocenters. The molecule has 2 aromatic heterocycles. The number of carbonyl (C=O) groups excluding carboxylic acids is 1. The topological polar surface area (TPSA) is 80.9 Å². The number of nitrogens with zero attached hydrogens (tertiary/aromatic N) is 7. The highest BCUT2D eigenvalue weighted by Crippen LogP contribution is 2.56. The van der Waals surface area contributed by atoms with Crippen LogP contribution < -0.4 is 4.90 Å². The lowest BCUT2D eigenvalue weighted by Crippen LogP contribution is -2.64. The summed E-state index contributed by atoms with van der Waals surface area (Å²) < 4.78 is 15.6. The van der Waals surface area contributed by atoms with Gasteiger partial charge in [-0.3, -0.25) is 9.58 Å². The van der Waals surface area contributed by atoms with Crippen LogP contribution in [0.4, 0.5) is 10.6 Å². The Bertz CT molecular complexity index is 1700. The van der Waals surface area contributed by atoms with Crippen LogP contribution in [0.25, 0.3) is 22.0 Å². The molecule has 3 saturated heterocycles. The van der Waals surface area contributed by atoms with Gasteiger partial charge in [0, 0.05) is 79.0 Å². The van der Waals surface area contributed by atoms with E-state index in [1.165, 1.54) is 0 Å². The van der Waals surface area contributed by atoms with Gasteiger partial charge in [-0.05, 0) is 108 Å². The number of ether oxygens (including phenoxy) is 2. The van der Waals surface area contributed by atoms with Crippen molar-refractivity contribution >= 4 is 62.8 Å². The molecule has 1 saturated carbocycles. The molecule has 5 heterocycles. The third kappa shape index (κ3) is 5.87. The quantitative estimate of drug-likeness (QED) is 0.188. The van der Waals surface area contributed by atoms with Gasteiger partial charge in [0.1, 0.15) is 5.60 Å². The molecule has 0 N–H and O–H groups in total. The van der Waals surface area contributed by atoms with Crippen molar-refractivity contribution in [1.82, 2.24) is 29.1 Å². The molecule has 3 aromatic rings. The zero-order valence-corrected chi connectivity index (χ0v) is 32.8. The van der Waals surface area contributed by atoms with E-state index in [2.05, 4.69) is 74.7 Å². The molecular weight excluding hydrogens is 748 g/mol. The third-order valence-electron chi connectivity index (χ3n) is 11.0. The Hall–Kier alpha value is -1.66. The van der Waals surface area contributed by atoms with Gasteiger partial charge in [0.05, 0.1) is 35.3 Å². The number of rotatable bonds is 6. The van der Waals surface area contributed by atoms with Gasteiger partial charge in [-0.1, -0.05) is 11.6 Å². The Morgan fingerprint density at radius 2 is 1.81 bits per heavy atom. The fourth-order valence-corrected chi connectivity index (χ4v) is 10.3. The molecule has 1 spiro atoms. The Morgan fingerprint density at radius 3 is 2.43 bits per heavy atom. The second-order valence-electron chi connectivity index (χ2n) is 16.0. The average Bonchev–Trinajstić information content (AvgIpc) is 3.46. The van der Waals surface area contributed by atoms with Crippen LogP contribution in [-0.2, 0) is 9.47 Å². The van der Waals surface area contributed by atoms with Gasteiger partial charge in [-0.15, -0.1) is 0 Å². The SMILES string of the molecule is COC1CN(C2CCN(c3nn(C4CC5(C4)CN(C(=O)OC(C)(C)C)C5)c(C)c3-c3c(Cl)c(C)cc4c3cnn4PI)C(C)(C)C2)C1. The molecule has 0 bridgehead atoms. The number of hydrogen-bond acceptors (Lipinski definition) is 7. The van der Waals surface area contributed by atoms with Crippen molar-refractivity contribution in [2.75, 3.05) is 44.7 Å². The van der Waals surface area contributed by atoms with Crippen LogP contribution in [0.2, 0.25) is 5.02 Å². The number of likely N-dealkylation sites (tertiary alicyclic amines) is 2. The van der Waals surface area contributed by atoms with Gasteiger partial charge in [-0.25, -0.2) is 9.25 Å². The highest BCUT2D eigenvalue weighted by atomic mass is 127. The lowest BCUT2D eigenvalue weighted by atomic mass is 9.61. The number of fused-ring (bicyclic) bond motifs is 1. The number of amides is 1. The summed E-state index contributed by atoms with van der Waals surface area (Å²) in [7, 11) is 1.82. The first kappa shape index (κ1) is 33.8. The van der Waals surface area contributed by atoms with Crippen molar-refractivity contribution in [3.8, 4) is 11.1 Å². The van der Waals surface area contributed by atoms with E-state index in [0.29, 0.717) is 18.5 Å². The summed E-state index contributed by atoms with van der Waals surface area (Å²) in [6.07, 6.45) is 6.77. The minimum Gasteiger partial charge on any atom is -0.444 e. The van der Waals surface area contributed by atoms with Crippen LogP contribution in [0.5, 0.6) is 0 Å². The summed E-state index contributed by atoms with van der Waals surface area (Å²) in [4.78, 5) is 19.7. The van der Waals surface area contributed by atoms with E-state index in [4.69, 9.17) is 31.3 Å². The largest absolute Gasteiger partial charge is 0.444 e. The normalized spacial score (nSPS) is 23.5. The van der Waals surface area contributed by atoms with E-state index in [-0.39, 0.29) is 23.1 Å². The van der Waals surface area contributed by atoms with Gasteiger partial charge in [0.15, 0.2) is 5.82 Å². The van der Waals surface area contributed by atoms with Crippen LogP contribution in [-0.4, -0.2) is 98.3 Å².